The van der Waals surface area contributed by atoms with Crippen LogP contribution < -0.4 is 10.0 Å². The molecule has 2 heterocycles. The van der Waals surface area contributed by atoms with Gasteiger partial charge in [-0.1, -0.05) is 12.1 Å². The molecule has 1 aliphatic carbocycles. The van der Waals surface area contributed by atoms with Crippen LogP contribution in [-0.2, 0) is 14.8 Å². The maximum absolute atomic E-state index is 12.7. The van der Waals surface area contributed by atoms with Crippen LogP contribution in [0.2, 0.25) is 0 Å². The molecule has 2 N–H and O–H groups in total. The molecule has 1 aromatic carbocycles. The van der Waals surface area contributed by atoms with Gasteiger partial charge in [0.05, 0.1) is 11.7 Å². The molecule has 1 saturated carbocycles. The number of carbonyl (C=O) groups excluding carboxylic acids is 1. The fourth-order valence-corrected chi connectivity index (χ4v) is 5.65. The maximum atomic E-state index is 12.7. The number of nitrogens with zero attached hydrogens (tertiary/aromatic N) is 3. The highest BCUT2D eigenvalue weighted by atomic mass is 32.2. The van der Waals surface area contributed by atoms with Crippen molar-refractivity contribution in [2.75, 3.05) is 11.9 Å². The van der Waals surface area contributed by atoms with E-state index in [4.69, 9.17) is 0 Å². The van der Waals surface area contributed by atoms with E-state index in [1.54, 1.807) is 24.3 Å². The number of aromatic nitrogens is 3. The number of anilines is 1. The van der Waals surface area contributed by atoms with Crippen LogP contribution in [-0.4, -0.2) is 34.6 Å². The SMILES string of the molecule is Cc1cccc(NC(=O)C2CCC(CNS(=O)(=O)c3cccc4nsnc34)CC2)n1. The van der Waals surface area contributed by atoms with E-state index in [2.05, 4.69) is 23.8 Å². The van der Waals surface area contributed by atoms with Crippen molar-refractivity contribution in [1.29, 1.82) is 0 Å². The predicted molar refractivity (Wildman–Crippen MR) is 116 cm³/mol. The number of nitrogens with one attached hydrogen (secondary N) is 2. The Labute approximate surface area is 179 Å². The van der Waals surface area contributed by atoms with Crippen molar-refractivity contribution >= 4 is 44.5 Å². The van der Waals surface area contributed by atoms with Crippen LogP contribution in [0.25, 0.3) is 11.0 Å². The average molecular weight is 446 g/mol. The van der Waals surface area contributed by atoms with Crippen molar-refractivity contribution in [3.63, 3.8) is 0 Å². The number of benzene rings is 1. The molecule has 158 valence electrons. The van der Waals surface area contributed by atoms with Crippen molar-refractivity contribution in [2.45, 2.75) is 37.5 Å². The number of carbonyl (C=O) groups is 1. The normalized spacial score (nSPS) is 19.6. The summed E-state index contributed by atoms with van der Waals surface area (Å²) >= 11 is 0.999. The summed E-state index contributed by atoms with van der Waals surface area (Å²) < 4.78 is 36.4. The third kappa shape index (κ3) is 4.66. The average Bonchev–Trinajstić information content (AvgIpc) is 3.21. The van der Waals surface area contributed by atoms with Gasteiger partial charge in [-0.3, -0.25) is 4.79 Å². The molecule has 1 fully saturated rings. The first kappa shape index (κ1) is 20.8. The summed E-state index contributed by atoms with van der Waals surface area (Å²) in [7, 11) is -3.66. The number of aryl methyl sites for hydroxylation is 1. The van der Waals surface area contributed by atoms with Crippen LogP contribution in [0.15, 0.2) is 41.3 Å². The number of rotatable bonds is 6. The summed E-state index contributed by atoms with van der Waals surface area (Å²) in [6.45, 7) is 2.23. The van der Waals surface area contributed by atoms with E-state index in [9.17, 15) is 13.2 Å². The Balaban J connectivity index is 1.30. The van der Waals surface area contributed by atoms with Crippen LogP contribution in [0.4, 0.5) is 5.82 Å². The van der Waals surface area contributed by atoms with E-state index in [-0.39, 0.29) is 22.6 Å². The largest absolute Gasteiger partial charge is 0.310 e. The molecule has 0 atom stereocenters. The number of sulfonamides is 1. The van der Waals surface area contributed by atoms with Crippen LogP contribution >= 0.6 is 11.7 Å². The molecule has 4 rings (SSSR count). The number of pyridine rings is 1. The Bertz CT molecular complexity index is 1150. The van der Waals surface area contributed by atoms with E-state index < -0.39 is 10.0 Å². The summed E-state index contributed by atoms with van der Waals surface area (Å²) in [4.78, 5) is 17.0. The smallest absolute Gasteiger partial charge is 0.242 e. The lowest BCUT2D eigenvalue weighted by Crippen LogP contribution is -2.33. The lowest BCUT2D eigenvalue weighted by atomic mass is 9.81. The molecule has 1 amide bonds. The van der Waals surface area contributed by atoms with Gasteiger partial charge in [0.2, 0.25) is 15.9 Å². The van der Waals surface area contributed by atoms with Gasteiger partial charge >= 0.3 is 0 Å². The van der Waals surface area contributed by atoms with Crippen LogP contribution in [0.5, 0.6) is 0 Å². The number of hydrogen-bond donors (Lipinski definition) is 2. The topological polar surface area (TPSA) is 114 Å². The Hall–Kier alpha value is -2.43. The molecule has 0 saturated heterocycles. The second-order valence-corrected chi connectivity index (χ2v) is 9.87. The van der Waals surface area contributed by atoms with Crippen molar-refractivity contribution in [2.24, 2.45) is 11.8 Å². The molecule has 0 unspecified atom stereocenters. The van der Waals surface area contributed by atoms with E-state index >= 15 is 0 Å². The van der Waals surface area contributed by atoms with Gasteiger partial charge < -0.3 is 5.32 Å². The fraction of sp³-hybridized carbons (Fsp3) is 0.400. The minimum Gasteiger partial charge on any atom is -0.310 e. The van der Waals surface area contributed by atoms with Gasteiger partial charge in [0.15, 0.2) is 0 Å². The molecule has 30 heavy (non-hydrogen) atoms. The lowest BCUT2D eigenvalue weighted by molar-refractivity contribution is -0.121. The van der Waals surface area contributed by atoms with E-state index in [1.165, 1.54) is 0 Å². The van der Waals surface area contributed by atoms with Gasteiger partial charge in [-0.15, -0.1) is 0 Å². The molecular weight excluding hydrogens is 422 g/mol. The highest BCUT2D eigenvalue weighted by Gasteiger charge is 2.28. The quantitative estimate of drug-likeness (QED) is 0.603. The Morgan fingerprint density at radius 2 is 1.87 bits per heavy atom. The van der Waals surface area contributed by atoms with Gasteiger partial charge in [-0.05, 0) is 62.8 Å². The van der Waals surface area contributed by atoms with Gasteiger partial charge in [0.25, 0.3) is 0 Å². The highest BCUT2D eigenvalue weighted by Crippen LogP contribution is 2.30. The zero-order valence-electron chi connectivity index (χ0n) is 16.5. The summed E-state index contributed by atoms with van der Waals surface area (Å²) in [6, 6.07) is 10.5. The monoisotopic (exact) mass is 445 g/mol. The minimum atomic E-state index is -3.66. The zero-order valence-corrected chi connectivity index (χ0v) is 18.2. The first-order valence-corrected chi connectivity index (χ1v) is 12.1. The zero-order chi connectivity index (χ0) is 21.1. The van der Waals surface area contributed by atoms with Crippen molar-refractivity contribution in [1.82, 2.24) is 18.5 Å². The van der Waals surface area contributed by atoms with Crippen molar-refractivity contribution in [3.8, 4) is 0 Å². The third-order valence-electron chi connectivity index (χ3n) is 5.46. The predicted octanol–water partition coefficient (Wildman–Crippen LogP) is 3.12. The summed E-state index contributed by atoms with van der Waals surface area (Å²) in [5.74, 6) is 0.680. The maximum Gasteiger partial charge on any atom is 0.242 e. The Morgan fingerprint density at radius 3 is 2.63 bits per heavy atom. The molecule has 8 nitrogen and oxygen atoms in total. The summed E-state index contributed by atoms with van der Waals surface area (Å²) in [6.07, 6.45) is 3.06. The van der Waals surface area contributed by atoms with E-state index in [1.807, 2.05) is 19.1 Å². The van der Waals surface area contributed by atoms with Crippen LogP contribution in [0.3, 0.4) is 0 Å². The van der Waals surface area contributed by atoms with E-state index in [0.29, 0.717) is 23.4 Å². The number of amides is 1. The molecule has 1 aliphatic rings. The van der Waals surface area contributed by atoms with Crippen molar-refractivity contribution < 1.29 is 13.2 Å². The lowest BCUT2D eigenvalue weighted by Gasteiger charge is -2.27. The second kappa shape index (κ2) is 8.75. The van der Waals surface area contributed by atoms with Gasteiger partial charge in [0.1, 0.15) is 21.7 Å². The first-order valence-electron chi connectivity index (χ1n) is 9.88. The fourth-order valence-electron chi connectivity index (χ4n) is 3.77. The summed E-state index contributed by atoms with van der Waals surface area (Å²) in [5, 5.41) is 2.89. The van der Waals surface area contributed by atoms with Gasteiger partial charge in [-0.2, -0.15) is 8.75 Å². The third-order valence-corrected chi connectivity index (χ3v) is 7.46. The number of hydrogen-bond acceptors (Lipinski definition) is 7. The minimum absolute atomic E-state index is 0.0187. The molecule has 0 aliphatic heterocycles. The molecule has 3 aromatic rings. The molecule has 2 aromatic heterocycles. The van der Waals surface area contributed by atoms with Gasteiger partial charge in [-0.25, -0.2) is 18.1 Å². The summed E-state index contributed by atoms with van der Waals surface area (Å²) in [5.41, 5.74) is 1.84. The number of fused-ring (bicyclic) bond motifs is 1. The van der Waals surface area contributed by atoms with Gasteiger partial charge in [0, 0.05) is 18.2 Å². The van der Waals surface area contributed by atoms with E-state index in [0.717, 1.165) is 43.1 Å². The highest BCUT2D eigenvalue weighted by molar-refractivity contribution is 7.89. The van der Waals surface area contributed by atoms with Crippen LogP contribution in [0, 0.1) is 18.8 Å². The van der Waals surface area contributed by atoms with Crippen LogP contribution in [0.1, 0.15) is 31.4 Å². The molecule has 10 heteroatoms. The molecular formula is C20H23N5O3S2. The first-order chi connectivity index (χ1) is 14.4. The molecule has 0 bridgehead atoms. The molecule has 0 radical (unpaired) electrons. The molecule has 0 spiro atoms. The van der Waals surface area contributed by atoms with Crippen molar-refractivity contribution in [3.05, 3.63) is 42.1 Å². The standard InChI is InChI=1S/C20H23N5O3S2/c1-13-4-2-7-18(22-13)23-20(26)15-10-8-14(9-11-15)12-21-30(27,28)17-6-3-5-16-19(17)25-29-24-16/h2-7,14-15,21H,8-12H2,1H3,(H,22,23,26). The Morgan fingerprint density at radius 1 is 1.10 bits per heavy atom. The second-order valence-electron chi connectivity index (χ2n) is 7.61. The Kier molecular flexibility index (Phi) is 6.07.